The van der Waals surface area contributed by atoms with Crippen molar-refractivity contribution in [2.45, 2.75) is 6.54 Å². The Morgan fingerprint density at radius 1 is 1.05 bits per heavy atom. The third-order valence-electron chi connectivity index (χ3n) is 2.81. The fraction of sp³-hybridized carbons (Fsp3) is 0.0667. The predicted octanol–water partition coefficient (Wildman–Crippen LogP) is 3.91. The lowest BCUT2D eigenvalue weighted by molar-refractivity contribution is 0.406. The van der Waals surface area contributed by atoms with Gasteiger partial charge in [-0.1, -0.05) is 41.9 Å². The highest BCUT2D eigenvalue weighted by Gasteiger charge is 2.12. The van der Waals surface area contributed by atoms with Crippen molar-refractivity contribution in [1.29, 1.82) is 0 Å². The molecule has 0 atom stereocenters. The van der Waals surface area contributed by atoms with Crippen LogP contribution in [0.3, 0.4) is 0 Å². The van der Waals surface area contributed by atoms with E-state index in [0.717, 1.165) is 5.56 Å². The van der Waals surface area contributed by atoms with E-state index in [1.54, 1.807) is 24.3 Å². The number of halogens is 2. The monoisotopic (exact) mass is 303 g/mol. The Morgan fingerprint density at radius 3 is 2.48 bits per heavy atom. The molecule has 0 radical (unpaired) electrons. The summed E-state index contributed by atoms with van der Waals surface area (Å²) in [6.07, 6.45) is -0.824. The van der Waals surface area contributed by atoms with Gasteiger partial charge in [0.15, 0.2) is 0 Å². The number of rotatable bonds is 4. The average molecular weight is 304 g/mol. The summed E-state index contributed by atoms with van der Waals surface area (Å²) in [5.41, 5.74) is 0.975. The molecule has 1 heterocycles. The standard InChI is InChI=1S/C15H11ClFN3O/c16-12-6-8-13(9-7-12)21-15-18-14(17)19-20(15)10-11-4-2-1-3-5-11/h1-9H,10H2. The zero-order valence-corrected chi connectivity index (χ0v) is 11.7. The van der Waals surface area contributed by atoms with Gasteiger partial charge < -0.3 is 4.74 Å². The molecule has 0 spiro atoms. The van der Waals surface area contributed by atoms with Crippen LogP contribution in [0, 0.1) is 6.08 Å². The smallest absolute Gasteiger partial charge is 0.330 e. The van der Waals surface area contributed by atoms with Gasteiger partial charge in [-0.05, 0) is 29.8 Å². The highest BCUT2D eigenvalue weighted by molar-refractivity contribution is 6.30. The number of ether oxygens (including phenoxy) is 1. The quantitative estimate of drug-likeness (QED) is 0.733. The van der Waals surface area contributed by atoms with Crippen LogP contribution in [0.2, 0.25) is 5.02 Å². The van der Waals surface area contributed by atoms with Gasteiger partial charge in [-0.3, -0.25) is 0 Å². The molecular weight excluding hydrogens is 293 g/mol. The first-order chi connectivity index (χ1) is 10.2. The summed E-state index contributed by atoms with van der Waals surface area (Å²) in [5.74, 6) is 0.515. The lowest BCUT2D eigenvalue weighted by Crippen LogP contribution is -2.04. The Bertz CT molecular complexity index is 728. The molecule has 3 aromatic rings. The predicted molar refractivity (Wildman–Crippen MR) is 77.1 cm³/mol. The summed E-state index contributed by atoms with van der Waals surface area (Å²) >= 11 is 5.81. The van der Waals surface area contributed by atoms with E-state index in [2.05, 4.69) is 10.1 Å². The van der Waals surface area contributed by atoms with Gasteiger partial charge in [0.25, 0.3) is 0 Å². The van der Waals surface area contributed by atoms with Gasteiger partial charge in [-0.25, -0.2) is 4.68 Å². The zero-order valence-electron chi connectivity index (χ0n) is 10.9. The normalized spacial score (nSPS) is 10.6. The molecule has 0 unspecified atom stereocenters. The molecule has 0 aliphatic heterocycles. The molecule has 0 N–H and O–H groups in total. The van der Waals surface area contributed by atoms with Crippen LogP contribution in [0.25, 0.3) is 0 Å². The number of hydrogen-bond donors (Lipinski definition) is 0. The van der Waals surface area contributed by atoms with E-state index in [1.165, 1.54) is 4.68 Å². The van der Waals surface area contributed by atoms with Crippen LogP contribution < -0.4 is 4.74 Å². The minimum atomic E-state index is -0.824. The first-order valence-corrected chi connectivity index (χ1v) is 6.66. The van der Waals surface area contributed by atoms with Gasteiger partial charge in [-0.2, -0.15) is 4.39 Å². The fourth-order valence-corrected chi connectivity index (χ4v) is 1.97. The summed E-state index contributed by atoms with van der Waals surface area (Å²) in [6, 6.07) is 16.4. The van der Waals surface area contributed by atoms with Crippen molar-refractivity contribution in [2.24, 2.45) is 0 Å². The van der Waals surface area contributed by atoms with Crippen LogP contribution in [-0.4, -0.2) is 14.8 Å². The van der Waals surface area contributed by atoms with E-state index in [0.29, 0.717) is 17.3 Å². The Kier molecular flexibility index (Phi) is 3.83. The van der Waals surface area contributed by atoms with Crippen molar-refractivity contribution in [3.8, 4) is 11.8 Å². The lowest BCUT2D eigenvalue weighted by Gasteiger charge is -2.07. The van der Waals surface area contributed by atoms with Crippen molar-refractivity contribution in [3.05, 3.63) is 71.3 Å². The van der Waals surface area contributed by atoms with Crippen molar-refractivity contribution in [2.75, 3.05) is 0 Å². The average Bonchev–Trinajstić information content (AvgIpc) is 2.82. The molecule has 0 saturated heterocycles. The highest BCUT2D eigenvalue weighted by Crippen LogP contribution is 2.22. The lowest BCUT2D eigenvalue weighted by atomic mass is 10.2. The Hall–Kier alpha value is -2.40. The van der Waals surface area contributed by atoms with E-state index in [1.807, 2.05) is 30.3 Å². The molecule has 0 fully saturated rings. The number of hydrogen-bond acceptors (Lipinski definition) is 3. The van der Waals surface area contributed by atoms with E-state index in [-0.39, 0.29) is 6.01 Å². The molecule has 0 bridgehead atoms. The number of benzene rings is 2. The maximum Gasteiger partial charge on any atom is 0.330 e. The fourth-order valence-electron chi connectivity index (χ4n) is 1.84. The summed E-state index contributed by atoms with van der Waals surface area (Å²) in [7, 11) is 0. The first kappa shape index (κ1) is 13.6. The summed E-state index contributed by atoms with van der Waals surface area (Å²) in [6.45, 7) is 0.376. The molecule has 0 aliphatic rings. The molecule has 21 heavy (non-hydrogen) atoms. The van der Waals surface area contributed by atoms with E-state index < -0.39 is 6.08 Å². The van der Waals surface area contributed by atoms with Gasteiger partial charge in [-0.15, -0.1) is 10.1 Å². The zero-order chi connectivity index (χ0) is 14.7. The maximum absolute atomic E-state index is 13.3. The van der Waals surface area contributed by atoms with Crippen molar-refractivity contribution in [3.63, 3.8) is 0 Å². The molecule has 0 amide bonds. The molecule has 3 rings (SSSR count). The van der Waals surface area contributed by atoms with Gasteiger partial charge >= 0.3 is 12.1 Å². The maximum atomic E-state index is 13.3. The second kappa shape index (κ2) is 5.93. The van der Waals surface area contributed by atoms with Crippen LogP contribution in [0.15, 0.2) is 54.6 Å². The highest BCUT2D eigenvalue weighted by atomic mass is 35.5. The van der Waals surface area contributed by atoms with Gasteiger partial charge in [0.05, 0.1) is 6.54 Å². The molecule has 0 aliphatic carbocycles. The molecular formula is C15H11ClFN3O. The van der Waals surface area contributed by atoms with Crippen LogP contribution >= 0.6 is 11.6 Å². The van der Waals surface area contributed by atoms with Crippen LogP contribution in [0.5, 0.6) is 11.8 Å². The minimum Gasteiger partial charge on any atom is -0.424 e. The minimum absolute atomic E-state index is 0.0960. The second-order valence-corrected chi connectivity index (χ2v) is 4.80. The second-order valence-electron chi connectivity index (χ2n) is 4.36. The van der Waals surface area contributed by atoms with Crippen molar-refractivity contribution >= 4 is 11.6 Å². The van der Waals surface area contributed by atoms with Gasteiger partial charge in [0, 0.05) is 5.02 Å². The summed E-state index contributed by atoms with van der Waals surface area (Å²) in [5, 5.41) is 4.30. The molecule has 6 heteroatoms. The molecule has 4 nitrogen and oxygen atoms in total. The van der Waals surface area contributed by atoms with Crippen LogP contribution in [-0.2, 0) is 6.54 Å². The van der Waals surface area contributed by atoms with E-state index in [9.17, 15) is 4.39 Å². The van der Waals surface area contributed by atoms with E-state index >= 15 is 0 Å². The molecule has 0 saturated carbocycles. The number of nitrogens with zero attached hydrogens (tertiary/aromatic N) is 3. The third-order valence-corrected chi connectivity index (χ3v) is 3.06. The number of aromatic nitrogens is 3. The van der Waals surface area contributed by atoms with Crippen LogP contribution in [0.4, 0.5) is 4.39 Å². The largest absolute Gasteiger partial charge is 0.424 e. The van der Waals surface area contributed by atoms with Crippen molar-refractivity contribution in [1.82, 2.24) is 14.8 Å². The third kappa shape index (κ3) is 3.38. The first-order valence-electron chi connectivity index (χ1n) is 6.28. The SMILES string of the molecule is Fc1nc(Oc2ccc(Cl)cc2)n(Cc2ccccc2)n1. The Labute approximate surface area is 125 Å². The Balaban J connectivity index is 1.84. The Morgan fingerprint density at radius 2 is 1.76 bits per heavy atom. The topological polar surface area (TPSA) is 39.9 Å². The molecule has 2 aromatic carbocycles. The van der Waals surface area contributed by atoms with Crippen LogP contribution in [0.1, 0.15) is 5.56 Å². The van der Waals surface area contributed by atoms with Gasteiger partial charge in [0.1, 0.15) is 5.75 Å². The molecule has 106 valence electrons. The van der Waals surface area contributed by atoms with Gasteiger partial charge in [0.2, 0.25) is 0 Å². The van der Waals surface area contributed by atoms with E-state index in [4.69, 9.17) is 16.3 Å². The molecule has 1 aromatic heterocycles. The summed E-state index contributed by atoms with van der Waals surface area (Å²) < 4.78 is 20.2. The summed E-state index contributed by atoms with van der Waals surface area (Å²) in [4.78, 5) is 3.65. The van der Waals surface area contributed by atoms with Crippen molar-refractivity contribution < 1.29 is 9.13 Å².